The summed E-state index contributed by atoms with van der Waals surface area (Å²) in [4.78, 5) is 15.5. The molecule has 0 saturated heterocycles. The Labute approximate surface area is 186 Å². The molecule has 162 valence electrons. The van der Waals surface area contributed by atoms with Gasteiger partial charge in [0.2, 0.25) is 17.6 Å². The molecule has 7 nitrogen and oxygen atoms in total. The highest BCUT2D eigenvalue weighted by atomic mass is 16.5. The Bertz CT molecular complexity index is 1160. The number of nitrogens with one attached hydrogen (secondary N) is 1. The third-order valence-corrected chi connectivity index (χ3v) is 4.65. The fraction of sp³-hybridized carbons (Fsp3) is 0.160. The SMILES string of the molecule is CC(=O)N[C@@H](C)c1nc(-c2ccc(Oc3ccc(OCc4ccccc4)cc3)cc2)no1. The zero-order chi connectivity index (χ0) is 22.3. The molecule has 0 bridgehead atoms. The Kier molecular flexibility index (Phi) is 6.46. The molecule has 0 spiro atoms. The predicted octanol–water partition coefficient (Wildman–Crippen LogP) is 5.31. The number of ether oxygens (including phenoxy) is 2. The van der Waals surface area contributed by atoms with Gasteiger partial charge in [0.15, 0.2) is 0 Å². The smallest absolute Gasteiger partial charge is 0.249 e. The summed E-state index contributed by atoms with van der Waals surface area (Å²) < 4.78 is 17.0. The lowest BCUT2D eigenvalue weighted by molar-refractivity contribution is -0.119. The monoisotopic (exact) mass is 429 g/mol. The van der Waals surface area contributed by atoms with Gasteiger partial charge >= 0.3 is 0 Å². The third kappa shape index (κ3) is 5.51. The summed E-state index contributed by atoms with van der Waals surface area (Å²) >= 11 is 0. The second-order valence-electron chi connectivity index (χ2n) is 7.25. The molecule has 4 rings (SSSR count). The number of hydrogen-bond donors (Lipinski definition) is 1. The molecule has 1 N–H and O–H groups in total. The maximum atomic E-state index is 11.2. The Morgan fingerprint density at radius 2 is 1.56 bits per heavy atom. The van der Waals surface area contributed by atoms with Crippen LogP contribution in [0.4, 0.5) is 0 Å². The molecule has 1 heterocycles. The number of carbonyl (C=O) groups is 1. The number of rotatable bonds is 8. The van der Waals surface area contributed by atoms with Gasteiger partial charge in [-0.05, 0) is 61.0 Å². The molecule has 1 atom stereocenters. The van der Waals surface area contributed by atoms with Crippen molar-refractivity contribution in [1.29, 1.82) is 0 Å². The lowest BCUT2D eigenvalue weighted by Gasteiger charge is -2.09. The van der Waals surface area contributed by atoms with Crippen molar-refractivity contribution in [1.82, 2.24) is 15.5 Å². The van der Waals surface area contributed by atoms with Crippen molar-refractivity contribution < 1.29 is 18.8 Å². The molecular weight excluding hydrogens is 406 g/mol. The first-order chi connectivity index (χ1) is 15.6. The molecule has 0 aliphatic carbocycles. The summed E-state index contributed by atoms with van der Waals surface area (Å²) in [6.45, 7) is 3.75. The van der Waals surface area contributed by atoms with E-state index >= 15 is 0 Å². The van der Waals surface area contributed by atoms with Gasteiger partial charge < -0.3 is 19.3 Å². The van der Waals surface area contributed by atoms with Crippen LogP contribution in [0.2, 0.25) is 0 Å². The highest BCUT2D eigenvalue weighted by molar-refractivity contribution is 5.73. The van der Waals surface area contributed by atoms with Gasteiger partial charge in [0.05, 0.1) is 0 Å². The molecule has 1 amide bonds. The lowest BCUT2D eigenvalue weighted by atomic mass is 10.2. The fourth-order valence-corrected chi connectivity index (χ4v) is 3.05. The Morgan fingerprint density at radius 3 is 2.22 bits per heavy atom. The van der Waals surface area contributed by atoms with Crippen molar-refractivity contribution in [3.63, 3.8) is 0 Å². The first-order valence-electron chi connectivity index (χ1n) is 10.2. The normalized spacial score (nSPS) is 11.6. The van der Waals surface area contributed by atoms with Crippen LogP contribution in [0.3, 0.4) is 0 Å². The largest absolute Gasteiger partial charge is 0.489 e. The van der Waals surface area contributed by atoms with Gasteiger partial charge in [0.25, 0.3) is 0 Å². The minimum atomic E-state index is -0.351. The van der Waals surface area contributed by atoms with Gasteiger partial charge in [-0.1, -0.05) is 35.5 Å². The van der Waals surface area contributed by atoms with Crippen LogP contribution in [0.1, 0.15) is 31.3 Å². The molecule has 1 aromatic heterocycles. The van der Waals surface area contributed by atoms with Crippen LogP contribution in [0.5, 0.6) is 17.2 Å². The second kappa shape index (κ2) is 9.78. The lowest BCUT2D eigenvalue weighted by Crippen LogP contribution is -2.23. The average Bonchev–Trinajstić information content (AvgIpc) is 3.30. The standard InChI is InChI=1S/C25H23N3O4/c1-17(26-18(2)29)25-27-24(28-32-25)20-8-10-22(11-9-20)31-23-14-12-21(13-15-23)30-16-19-6-4-3-5-7-19/h3-15,17H,16H2,1-2H3,(H,26,29)/t17-/m0/s1. The van der Waals surface area contributed by atoms with E-state index in [4.69, 9.17) is 14.0 Å². The van der Waals surface area contributed by atoms with E-state index in [2.05, 4.69) is 15.5 Å². The minimum Gasteiger partial charge on any atom is -0.489 e. The third-order valence-electron chi connectivity index (χ3n) is 4.65. The average molecular weight is 429 g/mol. The van der Waals surface area contributed by atoms with E-state index in [0.717, 1.165) is 16.9 Å². The van der Waals surface area contributed by atoms with E-state index in [9.17, 15) is 4.79 Å². The zero-order valence-electron chi connectivity index (χ0n) is 17.8. The molecule has 3 aromatic carbocycles. The molecule has 0 saturated carbocycles. The molecule has 0 aliphatic heterocycles. The van der Waals surface area contributed by atoms with E-state index in [1.165, 1.54) is 6.92 Å². The molecule has 0 unspecified atom stereocenters. The predicted molar refractivity (Wildman–Crippen MR) is 119 cm³/mol. The second-order valence-corrected chi connectivity index (χ2v) is 7.25. The molecule has 0 fully saturated rings. The van der Waals surface area contributed by atoms with Crippen LogP contribution in [0.15, 0.2) is 83.4 Å². The Morgan fingerprint density at radius 1 is 0.938 bits per heavy atom. The maximum absolute atomic E-state index is 11.2. The van der Waals surface area contributed by atoms with Gasteiger partial charge in [-0.25, -0.2) is 0 Å². The highest BCUT2D eigenvalue weighted by Gasteiger charge is 2.16. The minimum absolute atomic E-state index is 0.158. The van der Waals surface area contributed by atoms with Crippen molar-refractivity contribution in [2.75, 3.05) is 0 Å². The zero-order valence-corrected chi connectivity index (χ0v) is 17.8. The van der Waals surface area contributed by atoms with E-state index in [1.54, 1.807) is 6.92 Å². The first kappa shape index (κ1) is 21.1. The van der Waals surface area contributed by atoms with E-state index in [0.29, 0.717) is 29.8 Å². The van der Waals surface area contributed by atoms with Crippen LogP contribution < -0.4 is 14.8 Å². The van der Waals surface area contributed by atoms with Gasteiger partial charge in [-0.3, -0.25) is 4.79 Å². The summed E-state index contributed by atoms with van der Waals surface area (Å²) in [7, 11) is 0. The molecular formula is C25H23N3O4. The van der Waals surface area contributed by atoms with Gasteiger partial charge in [0.1, 0.15) is 29.9 Å². The van der Waals surface area contributed by atoms with Crippen molar-refractivity contribution in [3.05, 3.63) is 90.3 Å². The molecule has 7 heteroatoms. The van der Waals surface area contributed by atoms with Crippen LogP contribution in [0.25, 0.3) is 11.4 Å². The highest BCUT2D eigenvalue weighted by Crippen LogP contribution is 2.27. The molecule has 32 heavy (non-hydrogen) atoms. The van der Waals surface area contributed by atoms with Gasteiger partial charge in [-0.15, -0.1) is 0 Å². The summed E-state index contributed by atoms with van der Waals surface area (Å²) in [5, 5.41) is 6.70. The first-order valence-corrected chi connectivity index (χ1v) is 10.2. The van der Waals surface area contributed by atoms with E-state index in [1.807, 2.05) is 78.9 Å². The molecule has 0 aliphatic rings. The number of hydrogen-bond acceptors (Lipinski definition) is 6. The van der Waals surface area contributed by atoms with Crippen molar-refractivity contribution in [3.8, 4) is 28.6 Å². The van der Waals surface area contributed by atoms with E-state index in [-0.39, 0.29) is 11.9 Å². The Balaban J connectivity index is 1.34. The van der Waals surface area contributed by atoms with Crippen LogP contribution >= 0.6 is 0 Å². The number of nitrogens with zero attached hydrogens (tertiary/aromatic N) is 2. The summed E-state index contributed by atoms with van der Waals surface area (Å²) in [6, 6.07) is 24.5. The maximum Gasteiger partial charge on any atom is 0.249 e. The van der Waals surface area contributed by atoms with Crippen molar-refractivity contribution in [2.45, 2.75) is 26.5 Å². The molecule has 4 aromatic rings. The number of aromatic nitrogens is 2. The molecule has 0 radical (unpaired) electrons. The van der Waals surface area contributed by atoms with Crippen molar-refractivity contribution in [2.24, 2.45) is 0 Å². The summed E-state index contributed by atoms with van der Waals surface area (Å²) in [5.41, 5.74) is 1.90. The number of amides is 1. The topological polar surface area (TPSA) is 86.5 Å². The quantitative estimate of drug-likeness (QED) is 0.409. The number of carbonyl (C=O) groups excluding carboxylic acids is 1. The van der Waals surface area contributed by atoms with Gasteiger partial charge in [-0.2, -0.15) is 4.98 Å². The van der Waals surface area contributed by atoms with Crippen molar-refractivity contribution >= 4 is 5.91 Å². The Hall–Kier alpha value is -4.13. The van der Waals surface area contributed by atoms with Crippen LogP contribution in [0, 0.1) is 0 Å². The van der Waals surface area contributed by atoms with Gasteiger partial charge in [0, 0.05) is 12.5 Å². The van der Waals surface area contributed by atoms with Crippen LogP contribution in [-0.4, -0.2) is 16.0 Å². The number of benzene rings is 3. The summed E-state index contributed by atoms with van der Waals surface area (Å²) in [6.07, 6.45) is 0. The fourth-order valence-electron chi connectivity index (χ4n) is 3.05. The summed E-state index contributed by atoms with van der Waals surface area (Å²) in [5.74, 6) is 2.80. The van der Waals surface area contributed by atoms with Crippen LogP contribution in [-0.2, 0) is 11.4 Å². The van der Waals surface area contributed by atoms with E-state index < -0.39 is 0 Å².